The molecular weight excluding hydrogens is 152 g/mol. The zero-order chi connectivity index (χ0) is 9.78. The SMILES string of the molecule is CC(C)O/C(=N\C#N)C(C)(C)C. The first-order valence-electron chi connectivity index (χ1n) is 4.02. The number of aliphatic imine (C=N–C) groups is 1. The van der Waals surface area contributed by atoms with Crippen molar-refractivity contribution in [3.8, 4) is 6.19 Å². The van der Waals surface area contributed by atoms with Crippen molar-refractivity contribution in [2.45, 2.75) is 40.7 Å². The van der Waals surface area contributed by atoms with Gasteiger partial charge in [-0.25, -0.2) is 0 Å². The lowest BCUT2D eigenvalue weighted by molar-refractivity contribution is 0.198. The maximum Gasteiger partial charge on any atom is 0.208 e. The molecule has 0 aliphatic rings. The van der Waals surface area contributed by atoms with E-state index in [2.05, 4.69) is 4.99 Å². The molecule has 0 saturated carbocycles. The van der Waals surface area contributed by atoms with Crippen LogP contribution in [0.3, 0.4) is 0 Å². The quantitative estimate of drug-likeness (QED) is 0.342. The van der Waals surface area contributed by atoms with Crippen molar-refractivity contribution >= 4 is 5.90 Å². The van der Waals surface area contributed by atoms with Gasteiger partial charge in [0.1, 0.15) is 0 Å². The molecule has 0 aromatic carbocycles. The molecule has 0 amide bonds. The van der Waals surface area contributed by atoms with Crippen LogP contribution in [-0.2, 0) is 4.74 Å². The largest absolute Gasteiger partial charge is 0.477 e. The smallest absolute Gasteiger partial charge is 0.208 e. The second-order valence-corrected chi connectivity index (χ2v) is 3.93. The first-order chi connectivity index (χ1) is 5.38. The third kappa shape index (κ3) is 3.97. The Labute approximate surface area is 74.1 Å². The summed E-state index contributed by atoms with van der Waals surface area (Å²) >= 11 is 0. The summed E-state index contributed by atoms with van der Waals surface area (Å²) in [6.45, 7) is 9.72. The zero-order valence-corrected chi connectivity index (χ0v) is 8.38. The van der Waals surface area contributed by atoms with Crippen molar-refractivity contribution in [2.75, 3.05) is 0 Å². The standard InChI is InChI=1S/C9H16N2O/c1-7(2)12-8(11-6-10)9(3,4)5/h7H,1-5H3/b11-8-. The molecule has 0 heterocycles. The van der Waals surface area contributed by atoms with E-state index in [4.69, 9.17) is 10.00 Å². The van der Waals surface area contributed by atoms with Crippen LogP contribution in [0.4, 0.5) is 0 Å². The Hall–Kier alpha value is -1.04. The Morgan fingerprint density at radius 2 is 1.92 bits per heavy atom. The highest BCUT2D eigenvalue weighted by Gasteiger charge is 2.21. The number of nitriles is 1. The van der Waals surface area contributed by atoms with Crippen LogP contribution in [0.5, 0.6) is 0 Å². The zero-order valence-electron chi connectivity index (χ0n) is 8.38. The van der Waals surface area contributed by atoms with Gasteiger partial charge in [-0.05, 0) is 13.8 Å². The van der Waals surface area contributed by atoms with Gasteiger partial charge in [-0.2, -0.15) is 5.26 Å². The summed E-state index contributed by atoms with van der Waals surface area (Å²) in [6, 6.07) is 0. The van der Waals surface area contributed by atoms with Crippen LogP contribution in [-0.4, -0.2) is 12.0 Å². The van der Waals surface area contributed by atoms with Crippen molar-refractivity contribution in [1.29, 1.82) is 5.26 Å². The molecule has 0 rings (SSSR count). The third-order valence-corrected chi connectivity index (χ3v) is 1.14. The molecule has 0 atom stereocenters. The molecule has 68 valence electrons. The predicted octanol–water partition coefficient (Wildman–Crippen LogP) is 2.34. The molecule has 0 aromatic heterocycles. The van der Waals surface area contributed by atoms with Gasteiger partial charge in [0.25, 0.3) is 0 Å². The molecule has 0 unspecified atom stereocenters. The summed E-state index contributed by atoms with van der Waals surface area (Å²) in [4.78, 5) is 3.64. The van der Waals surface area contributed by atoms with Gasteiger partial charge in [0.2, 0.25) is 12.1 Å². The molecule has 3 heteroatoms. The minimum Gasteiger partial charge on any atom is -0.477 e. The molecule has 0 fully saturated rings. The van der Waals surface area contributed by atoms with E-state index in [9.17, 15) is 0 Å². The first kappa shape index (κ1) is 11.0. The summed E-state index contributed by atoms with van der Waals surface area (Å²) < 4.78 is 5.38. The van der Waals surface area contributed by atoms with Crippen molar-refractivity contribution in [3.63, 3.8) is 0 Å². The Morgan fingerprint density at radius 1 is 1.42 bits per heavy atom. The van der Waals surface area contributed by atoms with Crippen molar-refractivity contribution in [3.05, 3.63) is 0 Å². The lowest BCUT2D eigenvalue weighted by Gasteiger charge is -2.22. The summed E-state index contributed by atoms with van der Waals surface area (Å²) in [7, 11) is 0. The van der Waals surface area contributed by atoms with Crippen LogP contribution in [0.2, 0.25) is 0 Å². The van der Waals surface area contributed by atoms with Gasteiger partial charge in [0, 0.05) is 5.41 Å². The van der Waals surface area contributed by atoms with Gasteiger partial charge in [0.15, 0.2) is 0 Å². The fourth-order valence-electron chi connectivity index (χ4n) is 0.640. The number of nitrogens with zero attached hydrogens (tertiary/aromatic N) is 2. The Balaban J connectivity index is 4.50. The summed E-state index contributed by atoms with van der Waals surface area (Å²) in [5.74, 6) is 0.500. The topological polar surface area (TPSA) is 45.4 Å². The van der Waals surface area contributed by atoms with Gasteiger partial charge < -0.3 is 4.74 Å². The van der Waals surface area contributed by atoms with Gasteiger partial charge in [0.05, 0.1) is 6.10 Å². The molecule has 0 saturated heterocycles. The monoisotopic (exact) mass is 168 g/mol. The second kappa shape index (κ2) is 4.10. The first-order valence-corrected chi connectivity index (χ1v) is 4.02. The number of ether oxygens (including phenoxy) is 1. The summed E-state index contributed by atoms with van der Waals surface area (Å²) in [5.41, 5.74) is -0.194. The summed E-state index contributed by atoms with van der Waals surface area (Å²) in [6.07, 6.45) is 1.81. The minimum atomic E-state index is -0.194. The molecule has 0 spiro atoms. The lowest BCUT2D eigenvalue weighted by atomic mass is 9.96. The average molecular weight is 168 g/mol. The normalized spacial score (nSPS) is 12.9. The van der Waals surface area contributed by atoms with Gasteiger partial charge >= 0.3 is 0 Å². The molecule has 0 aliphatic heterocycles. The van der Waals surface area contributed by atoms with Crippen LogP contribution >= 0.6 is 0 Å². The van der Waals surface area contributed by atoms with E-state index in [1.807, 2.05) is 34.6 Å². The van der Waals surface area contributed by atoms with Crippen LogP contribution in [0, 0.1) is 16.9 Å². The van der Waals surface area contributed by atoms with Crippen LogP contribution in [0.1, 0.15) is 34.6 Å². The molecule has 0 bridgehead atoms. The highest BCUT2D eigenvalue weighted by molar-refractivity contribution is 5.82. The Kier molecular flexibility index (Phi) is 3.75. The van der Waals surface area contributed by atoms with Crippen molar-refractivity contribution in [2.24, 2.45) is 10.4 Å². The molecular formula is C9H16N2O. The third-order valence-electron chi connectivity index (χ3n) is 1.14. The van der Waals surface area contributed by atoms with Crippen LogP contribution < -0.4 is 0 Å². The highest BCUT2D eigenvalue weighted by Crippen LogP contribution is 2.17. The molecule has 0 aromatic rings. The number of rotatable bonds is 1. The maximum absolute atomic E-state index is 8.40. The minimum absolute atomic E-state index is 0.0660. The molecule has 12 heavy (non-hydrogen) atoms. The van der Waals surface area contributed by atoms with Gasteiger partial charge in [-0.3, -0.25) is 0 Å². The van der Waals surface area contributed by atoms with Crippen LogP contribution in [0.25, 0.3) is 0 Å². The number of hydrogen-bond acceptors (Lipinski definition) is 3. The molecule has 0 aliphatic carbocycles. The Bertz CT molecular complexity index is 206. The molecule has 0 N–H and O–H groups in total. The Morgan fingerprint density at radius 3 is 2.17 bits per heavy atom. The molecule has 0 radical (unpaired) electrons. The van der Waals surface area contributed by atoms with E-state index in [0.29, 0.717) is 5.90 Å². The van der Waals surface area contributed by atoms with E-state index in [0.717, 1.165) is 0 Å². The fraction of sp³-hybridized carbons (Fsp3) is 0.778. The van der Waals surface area contributed by atoms with Gasteiger partial charge in [-0.15, -0.1) is 4.99 Å². The van der Waals surface area contributed by atoms with E-state index in [-0.39, 0.29) is 11.5 Å². The fourth-order valence-corrected chi connectivity index (χ4v) is 0.640. The van der Waals surface area contributed by atoms with Crippen molar-refractivity contribution < 1.29 is 4.74 Å². The molecule has 3 nitrogen and oxygen atoms in total. The van der Waals surface area contributed by atoms with Crippen molar-refractivity contribution in [1.82, 2.24) is 0 Å². The highest BCUT2D eigenvalue weighted by atomic mass is 16.5. The van der Waals surface area contributed by atoms with Gasteiger partial charge in [-0.1, -0.05) is 20.8 Å². The lowest BCUT2D eigenvalue weighted by Crippen LogP contribution is -2.26. The second-order valence-electron chi connectivity index (χ2n) is 3.93. The number of hydrogen-bond donors (Lipinski definition) is 0. The average Bonchev–Trinajstić information content (AvgIpc) is 1.83. The summed E-state index contributed by atoms with van der Waals surface area (Å²) in [5, 5.41) is 8.40. The van der Waals surface area contributed by atoms with E-state index in [1.54, 1.807) is 6.19 Å². The van der Waals surface area contributed by atoms with Crippen LogP contribution in [0.15, 0.2) is 4.99 Å². The van der Waals surface area contributed by atoms with E-state index >= 15 is 0 Å². The van der Waals surface area contributed by atoms with E-state index < -0.39 is 0 Å². The predicted molar refractivity (Wildman–Crippen MR) is 48.7 cm³/mol. The maximum atomic E-state index is 8.40. The van der Waals surface area contributed by atoms with E-state index in [1.165, 1.54) is 0 Å².